The standard InChI is InChI=1S/C67H130O17P2/c1-6-9-12-15-18-21-22-23-27-32-36-41-46-51-65(70)78-57-63(84-67(72)53-48-43-38-33-28-25-24-26-31-34-39-44-49-60(4)5)59-82-86(75,76)80-55-61(68)54-79-85(73,74)81-58-62(83-66(71)52-47-42-37-30-20-17-14-11-8-3)56-77-64(69)50-45-40-35-29-19-16-13-10-7-2/h60-63,68H,6-59H2,1-5H3,(H,73,74)(H,75,76)/t61-,62+,63+/m0/s1. The van der Waals surface area contributed by atoms with Crippen LogP contribution in [0, 0.1) is 5.92 Å². The molecule has 0 rings (SSSR count). The molecule has 0 bridgehead atoms. The normalized spacial score (nSPS) is 14.2. The first-order chi connectivity index (χ1) is 41.5. The molecule has 19 heteroatoms. The van der Waals surface area contributed by atoms with E-state index in [0.717, 1.165) is 95.8 Å². The van der Waals surface area contributed by atoms with Crippen LogP contribution < -0.4 is 0 Å². The van der Waals surface area contributed by atoms with Gasteiger partial charge in [-0.3, -0.25) is 37.3 Å². The number of phosphoric ester groups is 2. The monoisotopic (exact) mass is 1270 g/mol. The highest BCUT2D eigenvalue weighted by molar-refractivity contribution is 7.47. The number of aliphatic hydroxyl groups is 1. The minimum atomic E-state index is -4.95. The number of rotatable bonds is 67. The van der Waals surface area contributed by atoms with Crippen LogP contribution >= 0.6 is 15.6 Å². The number of carbonyl (C=O) groups excluding carboxylic acids is 4. The Hall–Kier alpha value is -1.94. The van der Waals surface area contributed by atoms with Crippen LogP contribution in [-0.2, 0) is 65.4 Å². The third kappa shape index (κ3) is 60.9. The van der Waals surface area contributed by atoms with Gasteiger partial charge in [0.25, 0.3) is 0 Å². The van der Waals surface area contributed by atoms with Crippen LogP contribution in [0.25, 0.3) is 0 Å². The zero-order chi connectivity index (χ0) is 63.5. The van der Waals surface area contributed by atoms with Crippen LogP contribution in [0.4, 0.5) is 0 Å². The molecule has 17 nitrogen and oxygen atoms in total. The molecule has 0 aliphatic heterocycles. The molecule has 0 heterocycles. The Balaban J connectivity index is 5.22. The Labute approximate surface area is 524 Å². The van der Waals surface area contributed by atoms with E-state index in [4.69, 9.17) is 37.0 Å². The highest BCUT2D eigenvalue weighted by Crippen LogP contribution is 2.45. The van der Waals surface area contributed by atoms with Gasteiger partial charge < -0.3 is 33.8 Å². The van der Waals surface area contributed by atoms with Crippen molar-refractivity contribution >= 4 is 39.5 Å². The molecule has 5 atom stereocenters. The number of hydrogen-bond acceptors (Lipinski definition) is 15. The molecular weight excluding hydrogens is 1140 g/mol. The average Bonchev–Trinajstić information content (AvgIpc) is 3.57. The Morgan fingerprint density at radius 3 is 0.791 bits per heavy atom. The largest absolute Gasteiger partial charge is 0.472 e. The smallest absolute Gasteiger partial charge is 0.462 e. The second kappa shape index (κ2) is 60.6. The molecule has 0 aliphatic rings. The fourth-order valence-electron chi connectivity index (χ4n) is 10.1. The lowest BCUT2D eigenvalue weighted by Crippen LogP contribution is -2.30. The lowest BCUT2D eigenvalue weighted by Gasteiger charge is -2.21. The lowest BCUT2D eigenvalue weighted by atomic mass is 10.0. The van der Waals surface area contributed by atoms with E-state index in [1.54, 1.807) is 0 Å². The topological polar surface area (TPSA) is 237 Å². The second-order valence-corrected chi connectivity index (χ2v) is 27.6. The first-order valence-corrected chi connectivity index (χ1v) is 38.1. The molecule has 86 heavy (non-hydrogen) atoms. The van der Waals surface area contributed by atoms with Crippen molar-refractivity contribution in [1.29, 1.82) is 0 Å². The van der Waals surface area contributed by atoms with Gasteiger partial charge in [-0.15, -0.1) is 0 Å². The molecule has 0 fully saturated rings. The molecule has 0 saturated heterocycles. The van der Waals surface area contributed by atoms with Gasteiger partial charge in [-0.1, -0.05) is 291 Å². The Bertz CT molecular complexity index is 1670. The van der Waals surface area contributed by atoms with Gasteiger partial charge in [-0.05, 0) is 31.6 Å². The molecule has 0 spiro atoms. The third-order valence-electron chi connectivity index (χ3n) is 15.5. The first kappa shape index (κ1) is 84.1. The van der Waals surface area contributed by atoms with Crippen LogP contribution in [0.3, 0.4) is 0 Å². The number of aliphatic hydroxyl groups excluding tert-OH is 1. The van der Waals surface area contributed by atoms with Crippen LogP contribution in [0.2, 0.25) is 0 Å². The summed E-state index contributed by atoms with van der Waals surface area (Å²) in [6.07, 6.45) is 45.7. The van der Waals surface area contributed by atoms with E-state index < -0.39 is 97.5 Å². The summed E-state index contributed by atoms with van der Waals surface area (Å²) >= 11 is 0. The van der Waals surface area contributed by atoms with Crippen LogP contribution in [0.1, 0.15) is 343 Å². The lowest BCUT2D eigenvalue weighted by molar-refractivity contribution is -0.161. The van der Waals surface area contributed by atoms with E-state index in [-0.39, 0.29) is 25.7 Å². The highest BCUT2D eigenvalue weighted by atomic mass is 31.2. The molecule has 3 N–H and O–H groups in total. The SMILES string of the molecule is CCCCCCCCCCCCCCCC(=O)OC[C@H](COP(=O)(O)OC[C@@H](O)COP(=O)(O)OC[C@@H](COC(=O)CCCCCCCCCCC)OC(=O)CCCCCCCCCCC)OC(=O)CCCCCCCCCCCCCCC(C)C. The van der Waals surface area contributed by atoms with Gasteiger partial charge >= 0.3 is 39.5 Å². The zero-order valence-electron chi connectivity index (χ0n) is 55.4. The Morgan fingerprint density at radius 2 is 0.535 bits per heavy atom. The van der Waals surface area contributed by atoms with Gasteiger partial charge in [-0.25, -0.2) is 9.13 Å². The third-order valence-corrected chi connectivity index (χ3v) is 17.4. The van der Waals surface area contributed by atoms with Crippen molar-refractivity contribution in [1.82, 2.24) is 0 Å². The molecule has 510 valence electrons. The number of esters is 4. The summed E-state index contributed by atoms with van der Waals surface area (Å²) in [5, 5.41) is 10.6. The Kier molecular flexibility index (Phi) is 59.2. The van der Waals surface area contributed by atoms with Gasteiger partial charge in [0.2, 0.25) is 0 Å². The average molecular weight is 1270 g/mol. The molecule has 0 aromatic heterocycles. The van der Waals surface area contributed by atoms with Crippen molar-refractivity contribution in [2.24, 2.45) is 5.92 Å². The van der Waals surface area contributed by atoms with E-state index in [1.165, 1.54) is 167 Å². The van der Waals surface area contributed by atoms with Crippen molar-refractivity contribution in [3.05, 3.63) is 0 Å². The van der Waals surface area contributed by atoms with Gasteiger partial charge in [0.05, 0.1) is 26.4 Å². The van der Waals surface area contributed by atoms with E-state index >= 15 is 0 Å². The molecule has 0 saturated carbocycles. The van der Waals surface area contributed by atoms with Crippen LogP contribution in [-0.4, -0.2) is 96.7 Å². The first-order valence-electron chi connectivity index (χ1n) is 35.1. The Morgan fingerprint density at radius 1 is 0.314 bits per heavy atom. The fourth-order valence-corrected chi connectivity index (χ4v) is 11.7. The maximum Gasteiger partial charge on any atom is 0.472 e. The maximum absolute atomic E-state index is 13.0. The van der Waals surface area contributed by atoms with Gasteiger partial charge in [-0.2, -0.15) is 0 Å². The summed E-state index contributed by atoms with van der Waals surface area (Å²) in [5.74, 6) is -1.35. The summed E-state index contributed by atoms with van der Waals surface area (Å²) in [7, 11) is -9.89. The molecule has 0 aromatic carbocycles. The van der Waals surface area contributed by atoms with E-state index in [1.807, 2.05) is 0 Å². The number of carbonyl (C=O) groups is 4. The summed E-state index contributed by atoms with van der Waals surface area (Å²) in [6.45, 7) is 7.20. The van der Waals surface area contributed by atoms with Crippen molar-refractivity contribution in [3.8, 4) is 0 Å². The van der Waals surface area contributed by atoms with Crippen LogP contribution in [0.15, 0.2) is 0 Å². The summed E-state index contributed by atoms with van der Waals surface area (Å²) in [4.78, 5) is 72.3. The fraction of sp³-hybridized carbons (Fsp3) is 0.940. The van der Waals surface area contributed by atoms with Crippen molar-refractivity contribution in [2.45, 2.75) is 361 Å². The van der Waals surface area contributed by atoms with Crippen LogP contribution in [0.5, 0.6) is 0 Å². The van der Waals surface area contributed by atoms with Gasteiger partial charge in [0, 0.05) is 25.7 Å². The molecule has 2 unspecified atom stereocenters. The second-order valence-electron chi connectivity index (χ2n) is 24.7. The van der Waals surface area contributed by atoms with Gasteiger partial charge in [0.15, 0.2) is 12.2 Å². The van der Waals surface area contributed by atoms with Gasteiger partial charge in [0.1, 0.15) is 19.3 Å². The number of unbranched alkanes of at least 4 members (excludes halogenated alkanes) is 39. The molecule has 0 amide bonds. The van der Waals surface area contributed by atoms with E-state index in [2.05, 4.69) is 34.6 Å². The number of hydrogen-bond donors (Lipinski definition) is 3. The van der Waals surface area contributed by atoms with Crippen molar-refractivity contribution in [2.75, 3.05) is 39.6 Å². The predicted octanol–water partition coefficient (Wildman–Crippen LogP) is 19.0. The zero-order valence-corrected chi connectivity index (χ0v) is 57.2. The van der Waals surface area contributed by atoms with E-state index in [9.17, 15) is 43.2 Å². The minimum absolute atomic E-state index is 0.106. The van der Waals surface area contributed by atoms with Crippen molar-refractivity contribution < 1.29 is 80.2 Å². The quantitative estimate of drug-likeness (QED) is 0.0222. The summed E-state index contributed by atoms with van der Waals surface area (Å²) in [6, 6.07) is 0. The maximum atomic E-state index is 13.0. The number of ether oxygens (including phenoxy) is 4. The van der Waals surface area contributed by atoms with Crippen molar-refractivity contribution in [3.63, 3.8) is 0 Å². The predicted molar refractivity (Wildman–Crippen MR) is 345 cm³/mol. The van der Waals surface area contributed by atoms with E-state index in [0.29, 0.717) is 25.7 Å². The number of phosphoric acid groups is 2. The molecule has 0 aliphatic carbocycles. The minimum Gasteiger partial charge on any atom is -0.462 e. The molecular formula is C67H130O17P2. The summed E-state index contributed by atoms with van der Waals surface area (Å²) in [5.41, 5.74) is 0. The molecule has 0 radical (unpaired) electrons. The highest BCUT2D eigenvalue weighted by Gasteiger charge is 2.30. The summed E-state index contributed by atoms with van der Waals surface area (Å²) < 4.78 is 68.1. The molecule has 0 aromatic rings.